The van der Waals surface area contributed by atoms with Crippen LogP contribution in [0.4, 0.5) is 10.1 Å². The van der Waals surface area contributed by atoms with E-state index in [-0.39, 0.29) is 80.5 Å². The first-order valence-electron chi connectivity index (χ1n) is 26.6. The SMILES string of the molecule is CC/C(=C(\c1ccc(O)cc1)c1ccc(OCCN(C)C(=O)CCOCCOCCC(=O)Nc2nc(-c3ccccc3)c(NC(=O)[C@@H]3CCCN3C(=O)[C@@H](NC(=O)[C@H](C)NC)C3CCCCC3)s2)cc1)c1ccccc1. The summed E-state index contributed by atoms with van der Waals surface area (Å²) >= 11 is 1.14. The fraction of sp³-hybridized carbons (Fsp3) is 0.424. The Morgan fingerprint density at radius 3 is 2.07 bits per heavy atom. The molecule has 0 unspecified atom stereocenters. The highest BCUT2D eigenvalue weighted by atomic mass is 32.1. The lowest BCUT2D eigenvalue weighted by Gasteiger charge is -2.35. The number of nitrogens with zero attached hydrogens (tertiary/aromatic N) is 3. The second-order valence-corrected chi connectivity index (χ2v) is 20.2. The van der Waals surface area contributed by atoms with Gasteiger partial charge in [-0.15, -0.1) is 0 Å². The summed E-state index contributed by atoms with van der Waals surface area (Å²) in [6.45, 7) is 5.84. The summed E-state index contributed by atoms with van der Waals surface area (Å²) in [7, 11) is 3.44. The first-order valence-corrected chi connectivity index (χ1v) is 27.4. The number of aromatic nitrogens is 1. The molecule has 404 valence electrons. The van der Waals surface area contributed by atoms with Crippen LogP contribution in [0.15, 0.2) is 109 Å². The van der Waals surface area contributed by atoms with Gasteiger partial charge in [0.1, 0.15) is 40.9 Å². The monoisotopic (exact) mass is 1060 g/mol. The number of amides is 5. The first kappa shape index (κ1) is 56.8. The number of allylic oxidation sites excluding steroid dienone is 1. The van der Waals surface area contributed by atoms with Gasteiger partial charge in [0.15, 0.2) is 5.13 Å². The number of ether oxygens (including phenoxy) is 3. The smallest absolute Gasteiger partial charge is 0.247 e. The van der Waals surface area contributed by atoms with Gasteiger partial charge in [0, 0.05) is 19.2 Å². The zero-order valence-electron chi connectivity index (χ0n) is 44.2. The van der Waals surface area contributed by atoms with Crippen molar-refractivity contribution >= 4 is 62.2 Å². The number of benzene rings is 4. The van der Waals surface area contributed by atoms with E-state index in [9.17, 15) is 29.1 Å². The topological polar surface area (TPSA) is 201 Å². The highest BCUT2D eigenvalue weighted by Crippen LogP contribution is 2.38. The predicted octanol–water partition coefficient (Wildman–Crippen LogP) is 8.78. The minimum atomic E-state index is -0.733. The molecule has 0 spiro atoms. The number of anilines is 2. The zero-order valence-corrected chi connectivity index (χ0v) is 45.0. The van der Waals surface area contributed by atoms with Crippen LogP contribution in [0.3, 0.4) is 0 Å². The van der Waals surface area contributed by atoms with Crippen LogP contribution in [-0.4, -0.2) is 128 Å². The fourth-order valence-corrected chi connectivity index (χ4v) is 10.6. The quantitative estimate of drug-likeness (QED) is 0.0262. The number of nitrogens with one attached hydrogen (secondary N) is 4. The van der Waals surface area contributed by atoms with Crippen LogP contribution in [0.1, 0.15) is 94.7 Å². The third kappa shape index (κ3) is 15.8. The van der Waals surface area contributed by atoms with E-state index in [1.807, 2.05) is 84.9 Å². The maximum Gasteiger partial charge on any atom is 0.247 e. The molecule has 0 bridgehead atoms. The van der Waals surface area contributed by atoms with E-state index in [1.54, 1.807) is 43.0 Å². The van der Waals surface area contributed by atoms with Crippen molar-refractivity contribution in [1.82, 2.24) is 25.4 Å². The lowest BCUT2D eigenvalue weighted by molar-refractivity contribution is -0.142. The minimum Gasteiger partial charge on any atom is -0.508 e. The summed E-state index contributed by atoms with van der Waals surface area (Å²) in [6.07, 6.45) is 6.95. The molecule has 2 heterocycles. The van der Waals surface area contributed by atoms with Gasteiger partial charge < -0.3 is 50.4 Å². The number of rotatable bonds is 26. The van der Waals surface area contributed by atoms with Gasteiger partial charge in [-0.3, -0.25) is 24.0 Å². The molecule has 7 rings (SSSR count). The Morgan fingerprint density at radius 1 is 0.763 bits per heavy atom. The van der Waals surface area contributed by atoms with Gasteiger partial charge in [0.2, 0.25) is 29.5 Å². The van der Waals surface area contributed by atoms with Crippen molar-refractivity contribution in [2.75, 3.05) is 70.9 Å². The summed E-state index contributed by atoms with van der Waals surface area (Å²) in [5.41, 5.74) is 6.68. The third-order valence-corrected chi connectivity index (χ3v) is 14.9. The number of phenols is 1. The lowest BCUT2D eigenvalue weighted by atomic mass is 9.83. The van der Waals surface area contributed by atoms with Crippen molar-refractivity contribution < 1.29 is 43.3 Å². The van der Waals surface area contributed by atoms with Gasteiger partial charge in [0.25, 0.3) is 0 Å². The van der Waals surface area contributed by atoms with E-state index in [2.05, 4.69) is 40.3 Å². The number of thiazole rings is 1. The van der Waals surface area contributed by atoms with E-state index in [0.29, 0.717) is 54.1 Å². The molecule has 76 heavy (non-hydrogen) atoms. The molecule has 2 aliphatic rings. The van der Waals surface area contributed by atoms with Crippen LogP contribution in [0.25, 0.3) is 22.4 Å². The summed E-state index contributed by atoms with van der Waals surface area (Å²) in [5.74, 6) is -0.322. The molecule has 4 aromatic carbocycles. The molecule has 5 amide bonds. The van der Waals surface area contributed by atoms with E-state index < -0.39 is 18.1 Å². The van der Waals surface area contributed by atoms with Crippen LogP contribution in [0.5, 0.6) is 11.5 Å². The van der Waals surface area contributed by atoms with Crippen molar-refractivity contribution in [2.45, 2.75) is 96.2 Å². The third-order valence-electron chi connectivity index (χ3n) is 14.0. The molecule has 3 atom stereocenters. The van der Waals surface area contributed by atoms with Crippen LogP contribution < -0.4 is 26.0 Å². The Bertz CT molecular complexity index is 2710. The summed E-state index contributed by atoms with van der Waals surface area (Å²) < 4.78 is 17.4. The van der Waals surface area contributed by atoms with Crippen molar-refractivity contribution in [3.05, 3.63) is 126 Å². The molecular formula is C59H73N7O9S. The van der Waals surface area contributed by atoms with Crippen molar-refractivity contribution in [2.24, 2.45) is 5.92 Å². The number of hydrogen-bond acceptors (Lipinski definition) is 12. The van der Waals surface area contributed by atoms with Crippen molar-refractivity contribution in [3.8, 4) is 22.8 Å². The molecule has 5 N–H and O–H groups in total. The number of hydrogen-bond donors (Lipinski definition) is 5. The minimum absolute atomic E-state index is 0.000728. The Labute approximate surface area is 450 Å². The number of carbonyl (C=O) groups is 5. The van der Waals surface area contributed by atoms with Crippen LogP contribution in [-0.2, 0) is 33.4 Å². The van der Waals surface area contributed by atoms with Crippen molar-refractivity contribution in [3.63, 3.8) is 0 Å². The van der Waals surface area contributed by atoms with Gasteiger partial charge in [-0.1, -0.05) is 122 Å². The average molecular weight is 1060 g/mol. The number of carbonyl (C=O) groups excluding carboxylic acids is 5. The molecule has 5 aromatic rings. The Morgan fingerprint density at radius 2 is 1.41 bits per heavy atom. The summed E-state index contributed by atoms with van der Waals surface area (Å²) in [5, 5.41) is 22.6. The molecule has 2 fully saturated rings. The van der Waals surface area contributed by atoms with Gasteiger partial charge in [-0.05, 0) is 104 Å². The molecular weight excluding hydrogens is 983 g/mol. The second-order valence-electron chi connectivity index (χ2n) is 19.2. The molecule has 17 heteroatoms. The number of aromatic hydroxyl groups is 1. The van der Waals surface area contributed by atoms with E-state index >= 15 is 0 Å². The highest BCUT2D eigenvalue weighted by molar-refractivity contribution is 7.20. The molecule has 0 radical (unpaired) electrons. The second kappa shape index (κ2) is 28.8. The Hall–Kier alpha value is -6.92. The van der Waals surface area contributed by atoms with E-state index in [1.165, 1.54) is 5.57 Å². The summed E-state index contributed by atoms with van der Waals surface area (Å²) in [4.78, 5) is 75.3. The van der Waals surface area contributed by atoms with Gasteiger partial charge in [-0.25, -0.2) is 4.98 Å². The normalized spacial score (nSPS) is 15.8. The highest BCUT2D eigenvalue weighted by Gasteiger charge is 2.41. The maximum atomic E-state index is 14.3. The molecule has 1 saturated heterocycles. The lowest BCUT2D eigenvalue weighted by Crippen LogP contribution is -2.57. The number of phenolic OH excluding ortho intramolecular Hbond substituents is 1. The largest absolute Gasteiger partial charge is 0.508 e. The Balaban J connectivity index is 0.821. The van der Waals surface area contributed by atoms with Gasteiger partial charge in [-0.2, -0.15) is 0 Å². The molecule has 1 aliphatic heterocycles. The van der Waals surface area contributed by atoms with Gasteiger partial charge in [0.05, 0.1) is 51.9 Å². The fourth-order valence-electron chi connectivity index (χ4n) is 9.65. The van der Waals surface area contributed by atoms with Crippen LogP contribution in [0.2, 0.25) is 0 Å². The summed E-state index contributed by atoms with van der Waals surface area (Å²) in [6, 6.07) is 32.9. The molecule has 1 aliphatic carbocycles. The molecule has 16 nitrogen and oxygen atoms in total. The van der Waals surface area contributed by atoms with Crippen LogP contribution >= 0.6 is 11.3 Å². The average Bonchev–Trinajstić information content (AvgIpc) is 4.11. The predicted molar refractivity (Wildman–Crippen MR) is 298 cm³/mol. The standard InChI is InChI=1S/C59H73N7O9S/c1-5-48(41-16-9-6-10-17-41)52(42-23-27-46(67)28-24-42)43-25-29-47(30-26-43)75-37-34-65(4)51(69)32-36-74-39-38-73-35-31-50(68)61-59-63-53(44-18-11-7-12-19-44)57(76-59)64-56(71)49-22-15-33-66(49)58(72)54(45-20-13-8-14-21-45)62-55(70)40(2)60-3/h6-7,9-12,16-19,23-30,40,45,49,54,60,67H,5,8,13-15,20-22,31-39H2,1-4H3,(H,62,70)(H,64,71)(H,61,63,68)/b52-48-/t40-,49-,54-/m0/s1. The van der Waals surface area contributed by atoms with E-state index in [0.717, 1.165) is 77.7 Å². The Kier molecular flexibility index (Phi) is 21.5. The number of likely N-dealkylation sites (N-methyl/N-ethyl adjacent to an activating group) is 2. The molecule has 1 aromatic heterocycles. The molecule has 1 saturated carbocycles. The van der Waals surface area contributed by atoms with Crippen LogP contribution in [0, 0.1) is 5.92 Å². The first-order chi connectivity index (χ1) is 36.9. The van der Waals surface area contributed by atoms with Gasteiger partial charge >= 0.3 is 0 Å². The number of likely N-dealkylation sites (tertiary alicyclic amines) is 1. The zero-order chi connectivity index (χ0) is 53.8. The van der Waals surface area contributed by atoms with E-state index in [4.69, 9.17) is 19.2 Å². The van der Waals surface area contributed by atoms with Crippen molar-refractivity contribution in [1.29, 1.82) is 0 Å². The maximum absolute atomic E-state index is 14.3.